The van der Waals surface area contributed by atoms with E-state index in [-0.39, 0.29) is 12.1 Å². The van der Waals surface area contributed by atoms with Crippen molar-refractivity contribution in [3.05, 3.63) is 54.0 Å². The fourth-order valence-corrected chi connectivity index (χ4v) is 2.38. The number of methoxy groups -OCH3 is 1. The molecule has 2 heterocycles. The van der Waals surface area contributed by atoms with Gasteiger partial charge in [0.15, 0.2) is 6.17 Å². The van der Waals surface area contributed by atoms with Gasteiger partial charge in [-0.05, 0) is 24.3 Å². The molecule has 1 unspecified atom stereocenters. The molecule has 0 saturated heterocycles. The fourth-order valence-electron chi connectivity index (χ4n) is 2.38. The van der Waals surface area contributed by atoms with Crippen LogP contribution in [0.1, 0.15) is 22.3 Å². The molecule has 0 aliphatic carbocycles. The second kappa shape index (κ2) is 5.38. The maximum Gasteiger partial charge on any atom is 0.258 e. The van der Waals surface area contributed by atoms with Crippen molar-refractivity contribution in [3.63, 3.8) is 0 Å². The van der Waals surface area contributed by atoms with Crippen LogP contribution in [0.3, 0.4) is 0 Å². The third-order valence-electron chi connectivity index (χ3n) is 3.37. The van der Waals surface area contributed by atoms with Gasteiger partial charge in [0.25, 0.3) is 5.91 Å². The zero-order valence-electron chi connectivity index (χ0n) is 11.2. The molecule has 1 N–H and O–H groups in total. The fraction of sp³-hybridized carbons (Fsp3) is 0.267. The van der Waals surface area contributed by atoms with E-state index in [0.29, 0.717) is 24.5 Å². The molecule has 0 saturated carbocycles. The summed E-state index contributed by atoms with van der Waals surface area (Å²) in [6.45, 7) is 0.981. The van der Waals surface area contributed by atoms with Crippen LogP contribution in [0, 0.1) is 0 Å². The lowest BCUT2D eigenvalue weighted by atomic mass is 10.1. The predicted molar refractivity (Wildman–Crippen MR) is 74.4 cm³/mol. The lowest BCUT2D eigenvalue weighted by Crippen LogP contribution is -2.44. The van der Waals surface area contributed by atoms with Gasteiger partial charge >= 0.3 is 0 Å². The predicted octanol–water partition coefficient (Wildman–Crippen LogP) is 2.49. The Morgan fingerprint density at radius 3 is 2.90 bits per heavy atom. The number of para-hydroxylation sites is 1. The normalized spacial score (nSPS) is 17.8. The molecule has 2 aromatic rings. The maximum atomic E-state index is 12.6. The summed E-state index contributed by atoms with van der Waals surface area (Å²) >= 11 is 0. The van der Waals surface area contributed by atoms with Gasteiger partial charge in [-0.15, -0.1) is 0 Å². The standard InChI is InChI=1S/C15H16N2O3/c1-19-10-8-17-14(13-7-4-9-20-13)16-12-6-3-2-5-11(12)15(17)18/h2-7,9,14,16H,8,10H2,1H3. The van der Waals surface area contributed by atoms with E-state index in [1.807, 2.05) is 36.4 Å². The second-order valence-corrected chi connectivity index (χ2v) is 4.60. The third kappa shape index (κ3) is 2.16. The minimum atomic E-state index is -0.303. The highest BCUT2D eigenvalue weighted by Crippen LogP contribution is 2.32. The minimum Gasteiger partial charge on any atom is -0.465 e. The van der Waals surface area contributed by atoms with Crippen molar-refractivity contribution in [2.24, 2.45) is 0 Å². The molecule has 1 atom stereocenters. The molecule has 1 amide bonds. The highest BCUT2D eigenvalue weighted by Gasteiger charge is 2.33. The summed E-state index contributed by atoms with van der Waals surface area (Å²) < 4.78 is 10.5. The van der Waals surface area contributed by atoms with E-state index >= 15 is 0 Å². The highest BCUT2D eigenvalue weighted by atomic mass is 16.5. The number of furan rings is 1. The first-order valence-corrected chi connectivity index (χ1v) is 6.50. The topological polar surface area (TPSA) is 54.7 Å². The van der Waals surface area contributed by atoms with E-state index in [9.17, 15) is 4.79 Å². The summed E-state index contributed by atoms with van der Waals surface area (Å²) in [5, 5.41) is 3.34. The van der Waals surface area contributed by atoms with Crippen LogP contribution in [0.2, 0.25) is 0 Å². The average Bonchev–Trinajstić information content (AvgIpc) is 3.00. The number of anilines is 1. The number of carbonyl (C=O) groups is 1. The van der Waals surface area contributed by atoms with Gasteiger partial charge in [-0.3, -0.25) is 4.79 Å². The Morgan fingerprint density at radius 2 is 2.15 bits per heavy atom. The Bertz CT molecular complexity index is 595. The number of carbonyl (C=O) groups excluding carboxylic acids is 1. The van der Waals surface area contributed by atoms with E-state index in [4.69, 9.17) is 9.15 Å². The van der Waals surface area contributed by atoms with Gasteiger partial charge in [-0.2, -0.15) is 0 Å². The molecule has 1 aromatic heterocycles. The van der Waals surface area contributed by atoms with Crippen LogP contribution >= 0.6 is 0 Å². The van der Waals surface area contributed by atoms with Crippen LogP contribution in [0.5, 0.6) is 0 Å². The van der Waals surface area contributed by atoms with Crippen LogP contribution in [-0.4, -0.2) is 31.1 Å². The number of benzene rings is 1. The Labute approximate surface area is 117 Å². The van der Waals surface area contributed by atoms with E-state index in [2.05, 4.69) is 5.32 Å². The molecule has 0 bridgehead atoms. The molecule has 1 aliphatic heterocycles. The summed E-state index contributed by atoms with van der Waals surface area (Å²) in [7, 11) is 1.62. The van der Waals surface area contributed by atoms with E-state index in [1.165, 1.54) is 0 Å². The molecule has 5 nitrogen and oxygen atoms in total. The molecular formula is C15H16N2O3. The molecule has 20 heavy (non-hydrogen) atoms. The number of fused-ring (bicyclic) bond motifs is 1. The SMILES string of the molecule is COCCN1C(=O)c2ccccc2NC1c1ccco1. The summed E-state index contributed by atoms with van der Waals surface area (Å²) in [4.78, 5) is 14.3. The molecule has 104 valence electrons. The Balaban J connectivity index is 1.98. The van der Waals surface area contributed by atoms with Gasteiger partial charge in [0.05, 0.1) is 18.4 Å². The van der Waals surface area contributed by atoms with Crippen LogP contribution in [0.15, 0.2) is 47.1 Å². The van der Waals surface area contributed by atoms with Crippen molar-refractivity contribution in [3.8, 4) is 0 Å². The lowest BCUT2D eigenvalue weighted by Gasteiger charge is -2.36. The zero-order valence-corrected chi connectivity index (χ0v) is 11.2. The van der Waals surface area contributed by atoms with Crippen molar-refractivity contribution in [2.45, 2.75) is 6.17 Å². The monoisotopic (exact) mass is 272 g/mol. The average molecular weight is 272 g/mol. The largest absolute Gasteiger partial charge is 0.465 e. The molecule has 0 spiro atoms. The van der Waals surface area contributed by atoms with Gasteiger partial charge in [0.2, 0.25) is 0 Å². The Hall–Kier alpha value is -2.27. The summed E-state index contributed by atoms with van der Waals surface area (Å²) in [5.74, 6) is 0.696. The molecule has 1 aromatic carbocycles. The van der Waals surface area contributed by atoms with Crippen LogP contribution in [-0.2, 0) is 4.74 Å². The van der Waals surface area contributed by atoms with Crippen molar-refractivity contribution in [1.82, 2.24) is 4.90 Å². The van der Waals surface area contributed by atoms with Crippen molar-refractivity contribution in [2.75, 3.05) is 25.6 Å². The number of nitrogens with one attached hydrogen (secondary N) is 1. The molecule has 0 fully saturated rings. The number of hydrogen-bond donors (Lipinski definition) is 1. The first-order chi connectivity index (χ1) is 9.81. The molecule has 1 aliphatic rings. The van der Waals surface area contributed by atoms with E-state index < -0.39 is 0 Å². The Morgan fingerprint density at radius 1 is 1.30 bits per heavy atom. The van der Waals surface area contributed by atoms with Gasteiger partial charge in [0, 0.05) is 19.3 Å². The molecule has 5 heteroatoms. The van der Waals surface area contributed by atoms with Crippen LogP contribution < -0.4 is 5.32 Å². The van der Waals surface area contributed by atoms with Gasteiger partial charge in [-0.1, -0.05) is 12.1 Å². The van der Waals surface area contributed by atoms with E-state index in [1.54, 1.807) is 18.3 Å². The highest BCUT2D eigenvalue weighted by molar-refractivity contribution is 6.01. The number of rotatable bonds is 4. The minimum absolute atomic E-state index is 0.0159. The molecule has 3 rings (SSSR count). The first-order valence-electron chi connectivity index (χ1n) is 6.50. The van der Waals surface area contributed by atoms with Crippen molar-refractivity contribution < 1.29 is 13.9 Å². The third-order valence-corrected chi connectivity index (χ3v) is 3.37. The summed E-state index contributed by atoms with van der Waals surface area (Å²) in [5.41, 5.74) is 1.50. The Kier molecular flexibility index (Phi) is 3.43. The van der Waals surface area contributed by atoms with Gasteiger partial charge < -0.3 is 19.4 Å². The summed E-state index contributed by atoms with van der Waals surface area (Å²) in [6.07, 6.45) is 1.30. The zero-order chi connectivity index (χ0) is 13.9. The quantitative estimate of drug-likeness (QED) is 0.929. The van der Waals surface area contributed by atoms with Crippen LogP contribution in [0.25, 0.3) is 0 Å². The maximum absolute atomic E-state index is 12.6. The van der Waals surface area contributed by atoms with Gasteiger partial charge in [-0.25, -0.2) is 0 Å². The number of ether oxygens (including phenoxy) is 1. The number of nitrogens with zero attached hydrogens (tertiary/aromatic N) is 1. The molecular weight excluding hydrogens is 256 g/mol. The van der Waals surface area contributed by atoms with Crippen LogP contribution in [0.4, 0.5) is 5.69 Å². The second-order valence-electron chi connectivity index (χ2n) is 4.60. The van der Waals surface area contributed by atoms with Crippen molar-refractivity contribution >= 4 is 11.6 Å². The lowest BCUT2D eigenvalue weighted by molar-refractivity contribution is 0.0586. The smallest absolute Gasteiger partial charge is 0.258 e. The first kappa shape index (κ1) is 12.7. The number of amides is 1. The van der Waals surface area contributed by atoms with Crippen molar-refractivity contribution in [1.29, 1.82) is 0 Å². The van der Waals surface area contributed by atoms with Gasteiger partial charge in [0.1, 0.15) is 5.76 Å². The summed E-state index contributed by atoms with van der Waals surface area (Å²) in [6, 6.07) is 11.2. The number of hydrogen-bond acceptors (Lipinski definition) is 4. The van der Waals surface area contributed by atoms with E-state index in [0.717, 1.165) is 5.69 Å². The molecule has 0 radical (unpaired) electrons.